The van der Waals surface area contributed by atoms with E-state index in [0.29, 0.717) is 11.8 Å². The van der Waals surface area contributed by atoms with Gasteiger partial charge in [-0.25, -0.2) is 0 Å². The topological polar surface area (TPSA) is 29.3 Å². The maximum atomic E-state index is 4.97. The SMILES string of the molecule is C(#Cc1ccno1)CC1CCC2CCN1CC2. The van der Waals surface area contributed by atoms with Crippen molar-refractivity contribution >= 4 is 0 Å². The third kappa shape index (κ3) is 2.53. The summed E-state index contributed by atoms with van der Waals surface area (Å²) in [7, 11) is 0. The zero-order chi connectivity index (χ0) is 11.5. The van der Waals surface area contributed by atoms with E-state index in [1.165, 1.54) is 38.8 Å². The number of piperidine rings is 1. The largest absolute Gasteiger partial charge is 0.348 e. The molecule has 3 fully saturated rings. The van der Waals surface area contributed by atoms with Gasteiger partial charge in [0.05, 0.1) is 6.20 Å². The molecule has 90 valence electrons. The molecule has 1 atom stereocenters. The monoisotopic (exact) mass is 230 g/mol. The molecule has 3 saturated heterocycles. The van der Waals surface area contributed by atoms with Crippen molar-refractivity contribution < 1.29 is 4.52 Å². The van der Waals surface area contributed by atoms with Gasteiger partial charge in [-0.3, -0.25) is 4.90 Å². The van der Waals surface area contributed by atoms with Crippen molar-refractivity contribution in [3.05, 3.63) is 18.0 Å². The zero-order valence-electron chi connectivity index (χ0n) is 10.1. The maximum absolute atomic E-state index is 4.97. The molecule has 0 aliphatic carbocycles. The minimum absolute atomic E-state index is 0.665. The highest BCUT2D eigenvalue weighted by molar-refractivity contribution is 5.23. The first-order chi connectivity index (χ1) is 8.42. The van der Waals surface area contributed by atoms with Gasteiger partial charge in [-0.15, -0.1) is 0 Å². The summed E-state index contributed by atoms with van der Waals surface area (Å²) in [6.45, 7) is 2.55. The van der Waals surface area contributed by atoms with E-state index in [9.17, 15) is 0 Å². The van der Waals surface area contributed by atoms with Gasteiger partial charge in [-0.1, -0.05) is 11.1 Å². The Bertz CT molecular complexity index is 407. The summed E-state index contributed by atoms with van der Waals surface area (Å²) >= 11 is 0. The van der Waals surface area contributed by atoms with Crippen LogP contribution >= 0.6 is 0 Å². The lowest BCUT2D eigenvalue weighted by Gasteiger charge is -2.31. The van der Waals surface area contributed by atoms with Gasteiger partial charge in [0.1, 0.15) is 0 Å². The van der Waals surface area contributed by atoms with Crippen LogP contribution in [0.4, 0.5) is 0 Å². The summed E-state index contributed by atoms with van der Waals surface area (Å²) in [4.78, 5) is 2.62. The molecule has 3 aliphatic heterocycles. The van der Waals surface area contributed by atoms with Crippen molar-refractivity contribution in [2.75, 3.05) is 13.1 Å². The van der Waals surface area contributed by atoms with E-state index >= 15 is 0 Å². The van der Waals surface area contributed by atoms with Crippen LogP contribution in [-0.4, -0.2) is 29.2 Å². The van der Waals surface area contributed by atoms with Crippen molar-refractivity contribution in [1.29, 1.82) is 0 Å². The zero-order valence-corrected chi connectivity index (χ0v) is 10.1. The molecule has 17 heavy (non-hydrogen) atoms. The minimum Gasteiger partial charge on any atom is -0.348 e. The molecular weight excluding hydrogens is 212 g/mol. The van der Waals surface area contributed by atoms with Gasteiger partial charge >= 0.3 is 0 Å². The molecule has 2 bridgehead atoms. The molecule has 4 rings (SSSR count). The van der Waals surface area contributed by atoms with Gasteiger partial charge in [0.15, 0.2) is 0 Å². The number of nitrogens with zero attached hydrogens (tertiary/aromatic N) is 2. The van der Waals surface area contributed by atoms with E-state index < -0.39 is 0 Å². The molecule has 0 spiro atoms. The van der Waals surface area contributed by atoms with Crippen LogP contribution < -0.4 is 0 Å². The Kier molecular flexibility index (Phi) is 3.15. The van der Waals surface area contributed by atoms with Crippen molar-refractivity contribution in [2.45, 2.75) is 38.1 Å². The second kappa shape index (κ2) is 4.93. The van der Waals surface area contributed by atoms with E-state index in [1.54, 1.807) is 6.20 Å². The fraction of sp³-hybridized carbons (Fsp3) is 0.643. The Morgan fingerprint density at radius 3 is 2.94 bits per heavy atom. The van der Waals surface area contributed by atoms with Crippen LogP contribution in [0.3, 0.4) is 0 Å². The van der Waals surface area contributed by atoms with Crippen LogP contribution in [0.1, 0.15) is 37.9 Å². The molecule has 1 aromatic heterocycles. The summed E-state index contributed by atoms with van der Waals surface area (Å²) in [6.07, 6.45) is 8.10. The Balaban J connectivity index is 1.61. The van der Waals surface area contributed by atoms with Gasteiger partial charge in [0.25, 0.3) is 0 Å². The molecule has 0 N–H and O–H groups in total. The third-order valence-corrected chi connectivity index (χ3v) is 4.06. The van der Waals surface area contributed by atoms with Crippen molar-refractivity contribution in [3.63, 3.8) is 0 Å². The van der Waals surface area contributed by atoms with Crippen molar-refractivity contribution in [2.24, 2.45) is 5.92 Å². The third-order valence-electron chi connectivity index (χ3n) is 4.06. The first-order valence-electron chi connectivity index (χ1n) is 6.55. The summed E-state index contributed by atoms with van der Waals surface area (Å²) in [5.74, 6) is 7.95. The smallest absolute Gasteiger partial charge is 0.209 e. The number of rotatable bonds is 1. The molecule has 0 amide bonds. The quantitative estimate of drug-likeness (QED) is 0.693. The molecule has 0 radical (unpaired) electrons. The van der Waals surface area contributed by atoms with Crippen LogP contribution in [0.15, 0.2) is 16.8 Å². The minimum atomic E-state index is 0.665. The predicted molar refractivity (Wildman–Crippen MR) is 65.3 cm³/mol. The second-order valence-corrected chi connectivity index (χ2v) is 5.09. The number of fused-ring (bicyclic) bond motifs is 4. The molecule has 0 saturated carbocycles. The first kappa shape index (κ1) is 10.9. The van der Waals surface area contributed by atoms with E-state index in [4.69, 9.17) is 4.52 Å². The lowest BCUT2D eigenvalue weighted by molar-refractivity contribution is 0.172. The molecule has 1 unspecified atom stereocenters. The Hall–Kier alpha value is -1.27. The summed E-state index contributed by atoms with van der Waals surface area (Å²) in [6, 6.07) is 2.48. The summed E-state index contributed by atoms with van der Waals surface area (Å²) in [5.41, 5.74) is 0. The molecule has 4 heterocycles. The van der Waals surface area contributed by atoms with Gasteiger partial charge in [-0.05, 0) is 50.6 Å². The molecule has 3 nitrogen and oxygen atoms in total. The van der Waals surface area contributed by atoms with Crippen LogP contribution in [0.25, 0.3) is 0 Å². The molecule has 3 heteroatoms. The van der Waals surface area contributed by atoms with Crippen molar-refractivity contribution in [3.8, 4) is 11.8 Å². The highest BCUT2D eigenvalue weighted by atomic mass is 16.5. The van der Waals surface area contributed by atoms with Gasteiger partial charge in [0, 0.05) is 18.5 Å². The fourth-order valence-corrected chi connectivity index (χ4v) is 2.98. The number of hydrogen-bond donors (Lipinski definition) is 0. The van der Waals surface area contributed by atoms with Crippen LogP contribution in [0.5, 0.6) is 0 Å². The summed E-state index contributed by atoms with van der Waals surface area (Å²) < 4.78 is 4.97. The number of aromatic nitrogens is 1. The standard InChI is InChI=1S/C14H18N2O/c1(3-14-6-9-15-17-14)2-13-5-4-12-7-10-16(13)11-8-12/h6,9,12-13H,2,4-5,7-8,10-11H2. The predicted octanol–water partition coefficient (Wildman–Crippen LogP) is 2.29. The van der Waals surface area contributed by atoms with Gasteiger partial charge in [-0.2, -0.15) is 0 Å². The second-order valence-electron chi connectivity index (χ2n) is 5.09. The number of hydrogen-bond acceptors (Lipinski definition) is 3. The Morgan fingerprint density at radius 1 is 1.29 bits per heavy atom. The highest BCUT2D eigenvalue weighted by Gasteiger charge is 2.29. The van der Waals surface area contributed by atoms with Gasteiger partial charge in [0.2, 0.25) is 5.76 Å². The molecule has 0 aromatic carbocycles. The molecule has 3 aliphatic rings. The van der Waals surface area contributed by atoms with E-state index in [1.807, 2.05) is 6.07 Å². The molecule has 1 aromatic rings. The van der Waals surface area contributed by atoms with E-state index in [-0.39, 0.29) is 0 Å². The maximum Gasteiger partial charge on any atom is 0.209 e. The van der Waals surface area contributed by atoms with Gasteiger partial charge < -0.3 is 4.52 Å². The van der Waals surface area contributed by atoms with Crippen LogP contribution in [0, 0.1) is 17.8 Å². The average molecular weight is 230 g/mol. The normalized spacial score (nSPS) is 31.6. The van der Waals surface area contributed by atoms with E-state index in [0.717, 1.165) is 12.3 Å². The van der Waals surface area contributed by atoms with E-state index in [2.05, 4.69) is 21.9 Å². The Morgan fingerprint density at radius 2 is 2.18 bits per heavy atom. The van der Waals surface area contributed by atoms with Crippen LogP contribution in [-0.2, 0) is 0 Å². The lowest BCUT2D eigenvalue weighted by atomic mass is 9.95. The molecular formula is C14H18N2O. The van der Waals surface area contributed by atoms with Crippen molar-refractivity contribution in [1.82, 2.24) is 10.1 Å². The highest BCUT2D eigenvalue weighted by Crippen LogP contribution is 2.31. The Labute approximate surface area is 102 Å². The lowest BCUT2D eigenvalue weighted by Crippen LogP contribution is -2.37. The fourth-order valence-electron chi connectivity index (χ4n) is 2.98. The van der Waals surface area contributed by atoms with Crippen LogP contribution in [0.2, 0.25) is 0 Å². The average Bonchev–Trinajstić information content (AvgIpc) is 2.73. The summed E-state index contributed by atoms with van der Waals surface area (Å²) in [5, 5.41) is 3.65. The first-order valence-corrected chi connectivity index (χ1v) is 6.55.